The maximum Gasteiger partial charge on any atom is 0.194 e. The van der Waals surface area contributed by atoms with Gasteiger partial charge in [0.2, 0.25) is 0 Å². The highest BCUT2D eigenvalue weighted by Gasteiger charge is 2.23. The second kappa shape index (κ2) is 5.83. The van der Waals surface area contributed by atoms with E-state index < -0.39 is 28.1 Å². The Kier molecular flexibility index (Phi) is 4.32. The molecule has 106 valence electrons. The van der Waals surface area contributed by atoms with Gasteiger partial charge in [0.05, 0.1) is 11.9 Å². The Morgan fingerprint density at radius 1 is 0.950 bits per heavy atom. The first-order chi connectivity index (χ1) is 9.45. The van der Waals surface area contributed by atoms with Crippen LogP contribution in [0.4, 0.5) is 17.6 Å². The van der Waals surface area contributed by atoms with Crippen molar-refractivity contribution in [2.24, 2.45) is 0 Å². The molecule has 0 saturated heterocycles. The maximum absolute atomic E-state index is 13.8. The highest BCUT2D eigenvalue weighted by Crippen LogP contribution is 2.38. The second-order valence-corrected chi connectivity index (χ2v) is 4.93. The van der Waals surface area contributed by atoms with E-state index in [-0.39, 0.29) is 11.1 Å². The molecule has 0 fully saturated rings. The molecule has 0 amide bonds. The van der Waals surface area contributed by atoms with E-state index in [0.717, 1.165) is 18.2 Å². The summed E-state index contributed by atoms with van der Waals surface area (Å²) >= 11 is 3.15. The van der Waals surface area contributed by atoms with Crippen LogP contribution in [0.1, 0.15) is 16.0 Å². The molecule has 20 heavy (non-hydrogen) atoms. The van der Waals surface area contributed by atoms with Crippen molar-refractivity contribution in [1.29, 1.82) is 0 Å². The molecule has 0 radical (unpaired) electrons. The van der Waals surface area contributed by atoms with Crippen LogP contribution in [-0.4, -0.2) is 7.11 Å². The number of hydrogen-bond donors (Lipinski definition) is 0. The van der Waals surface area contributed by atoms with Gasteiger partial charge in [0.25, 0.3) is 0 Å². The maximum atomic E-state index is 13.8. The van der Waals surface area contributed by atoms with Crippen LogP contribution < -0.4 is 4.74 Å². The van der Waals surface area contributed by atoms with E-state index in [9.17, 15) is 17.6 Å². The quantitative estimate of drug-likeness (QED) is 0.442. The predicted molar refractivity (Wildman–Crippen MR) is 70.0 cm³/mol. The smallest absolute Gasteiger partial charge is 0.194 e. The van der Waals surface area contributed by atoms with Crippen molar-refractivity contribution in [3.8, 4) is 5.75 Å². The van der Waals surface area contributed by atoms with Crippen molar-refractivity contribution in [1.82, 2.24) is 0 Å². The van der Waals surface area contributed by atoms with Crippen LogP contribution in [-0.2, 0) is 0 Å². The van der Waals surface area contributed by atoms with Crippen LogP contribution in [0.15, 0.2) is 30.3 Å². The molecule has 0 aliphatic rings. The van der Waals surface area contributed by atoms with Gasteiger partial charge in [-0.1, -0.05) is 22.0 Å². The van der Waals surface area contributed by atoms with Crippen LogP contribution in [0.5, 0.6) is 5.75 Å². The number of ether oxygens (including phenoxy) is 1. The molecule has 1 atom stereocenters. The lowest BCUT2D eigenvalue weighted by Crippen LogP contribution is -2.03. The summed E-state index contributed by atoms with van der Waals surface area (Å²) in [6.45, 7) is 0. The van der Waals surface area contributed by atoms with Gasteiger partial charge in [-0.2, -0.15) is 0 Å². The summed E-state index contributed by atoms with van der Waals surface area (Å²) in [4.78, 5) is -0.872. The van der Waals surface area contributed by atoms with E-state index in [1.807, 2.05) is 0 Å². The molecule has 1 unspecified atom stereocenters. The number of benzene rings is 2. The van der Waals surface area contributed by atoms with Gasteiger partial charge >= 0.3 is 0 Å². The summed E-state index contributed by atoms with van der Waals surface area (Å²) in [6.07, 6.45) is 0. The van der Waals surface area contributed by atoms with Gasteiger partial charge in [-0.15, -0.1) is 0 Å². The minimum Gasteiger partial charge on any atom is -0.496 e. The number of alkyl halides is 1. The molecule has 0 aromatic heterocycles. The first-order valence-electron chi connectivity index (χ1n) is 5.56. The molecule has 0 bridgehead atoms. The van der Waals surface area contributed by atoms with E-state index in [1.165, 1.54) is 19.2 Å². The third kappa shape index (κ3) is 2.65. The third-order valence-corrected chi connectivity index (χ3v) is 3.79. The normalized spacial score (nSPS) is 12.3. The molecule has 0 saturated carbocycles. The van der Waals surface area contributed by atoms with E-state index in [2.05, 4.69) is 15.9 Å². The molecule has 2 aromatic rings. The van der Waals surface area contributed by atoms with Gasteiger partial charge in [-0.05, 0) is 24.3 Å². The van der Waals surface area contributed by atoms with Crippen molar-refractivity contribution < 1.29 is 22.3 Å². The lowest BCUT2D eigenvalue weighted by Gasteiger charge is -2.15. The Hall–Kier alpha value is -1.56. The van der Waals surface area contributed by atoms with Crippen LogP contribution in [0.25, 0.3) is 0 Å². The molecule has 0 heterocycles. The van der Waals surface area contributed by atoms with Gasteiger partial charge in [0.15, 0.2) is 17.5 Å². The predicted octanol–water partition coefficient (Wildman–Crippen LogP) is 4.74. The summed E-state index contributed by atoms with van der Waals surface area (Å²) in [5.41, 5.74) is 0.130. The summed E-state index contributed by atoms with van der Waals surface area (Å²) in [6, 6.07) is 5.60. The van der Waals surface area contributed by atoms with Crippen molar-refractivity contribution in [3.05, 3.63) is 64.7 Å². The van der Waals surface area contributed by atoms with E-state index in [1.54, 1.807) is 0 Å². The average Bonchev–Trinajstić information content (AvgIpc) is 2.44. The molecule has 0 spiro atoms. The minimum atomic E-state index is -1.57. The van der Waals surface area contributed by atoms with E-state index in [4.69, 9.17) is 4.74 Å². The zero-order valence-electron chi connectivity index (χ0n) is 10.3. The summed E-state index contributed by atoms with van der Waals surface area (Å²) < 4.78 is 58.3. The summed E-state index contributed by atoms with van der Waals surface area (Å²) in [7, 11) is 1.37. The fourth-order valence-corrected chi connectivity index (χ4v) is 2.52. The number of halogens is 5. The van der Waals surface area contributed by atoms with Crippen molar-refractivity contribution in [2.75, 3.05) is 7.11 Å². The van der Waals surface area contributed by atoms with Gasteiger partial charge in [0, 0.05) is 11.1 Å². The van der Waals surface area contributed by atoms with Crippen LogP contribution >= 0.6 is 15.9 Å². The molecule has 6 heteroatoms. The number of methoxy groups -OCH3 is 1. The Bertz CT molecular complexity index is 645. The van der Waals surface area contributed by atoms with Gasteiger partial charge < -0.3 is 4.74 Å². The fourth-order valence-electron chi connectivity index (χ4n) is 1.81. The highest BCUT2D eigenvalue weighted by atomic mass is 79.9. The third-order valence-electron chi connectivity index (χ3n) is 2.80. The molecular formula is C14H9BrF4O. The Labute approximate surface area is 121 Å². The zero-order valence-corrected chi connectivity index (χ0v) is 11.8. The van der Waals surface area contributed by atoms with E-state index >= 15 is 0 Å². The average molecular weight is 349 g/mol. The van der Waals surface area contributed by atoms with Crippen molar-refractivity contribution in [3.63, 3.8) is 0 Å². The highest BCUT2D eigenvalue weighted by molar-refractivity contribution is 9.09. The molecule has 0 N–H and O–H groups in total. The summed E-state index contributed by atoms with van der Waals surface area (Å²) in [5, 5.41) is 0. The van der Waals surface area contributed by atoms with Crippen LogP contribution in [0.3, 0.4) is 0 Å². The molecule has 0 aliphatic heterocycles. The van der Waals surface area contributed by atoms with Gasteiger partial charge in [0.1, 0.15) is 11.6 Å². The second-order valence-electron chi connectivity index (χ2n) is 4.01. The fraction of sp³-hybridized carbons (Fsp3) is 0.143. The largest absolute Gasteiger partial charge is 0.496 e. The summed E-state index contributed by atoms with van der Waals surface area (Å²) in [5.74, 6) is -4.41. The zero-order chi connectivity index (χ0) is 14.9. The molecular weight excluding hydrogens is 340 g/mol. The van der Waals surface area contributed by atoms with Crippen LogP contribution in [0, 0.1) is 23.3 Å². The number of rotatable bonds is 3. The molecule has 2 aromatic carbocycles. The van der Waals surface area contributed by atoms with E-state index in [0.29, 0.717) is 5.75 Å². The molecule has 2 rings (SSSR count). The van der Waals surface area contributed by atoms with Crippen LogP contribution in [0.2, 0.25) is 0 Å². The topological polar surface area (TPSA) is 9.23 Å². The van der Waals surface area contributed by atoms with Gasteiger partial charge in [-0.25, -0.2) is 17.6 Å². The first kappa shape index (κ1) is 14.8. The van der Waals surface area contributed by atoms with Crippen molar-refractivity contribution >= 4 is 15.9 Å². The molecule has 1 nitrogen and oxygen atoms in total. The standard InChI is InChI=1S/C14H9BrF4O/c1-20-11-5-2-7(16)6-9(11)12(15)8-3-4-10(17)14(19)13(8)18/h2-6,12H,1H3. The monoisotopic (exact) mass is 348 g/mol. The minimum absolute atomic E-state index is 0.146. The Morgan fingerprint density at radius 2 is 1.65 bits per heavy atom. The van der Waals surface area contributed by atoms with Gasteiger partial charge in [-0.3, -0.25) is 0 Å². The first-order valence-corrected chi connectivity index (χ1v) is 6.48. The van der Waals surface area contributed by atoms with Crippen molar-refractivity contribution in [2.45, 2.75) is 4.83 Å². The number of hydrogen-bond acceptors (Lipinski definition) is 1. The Morgan fingerprint density at radius 3 is 2.30 bits per heavy atom. The lowest BCUT2D eigenvalue weighted by molar-refractivity contribution is 0.408. The molecule has 0 aliphatic carbocycles. The SMILES string of the molecule is COc1ccc(F)cc1C(Br)c1ccc(F)c(F)c1F. The lowest BCUT2D eigenvalue weighted by atomic mass is 10.0. The Balaban J connectivity index is 2.54.